The monoisotopic (exact) mass is 276 g/mol. The van der Waals surface area contributed by atoms with Gasteiger partial charge in [0.15, 0.2) is 0 Å². The van der Waals surface area contributed by atoms with E-state index < -0.39 is 0 Å². The third-order valence-corrected chi connectivity index (χ3v) is 4.60. The maximum atomic E-state index is 5.76. The van der Waals surface area contributed by atoms with Crippen LogP contribution in [0.3, 0.4) is 0 Å². The zero-order valence-electron chi connectivity index (χ0n) is 11.1. The van der Waals surface area contributed by atoms with Gasteiger partial charge in [-0.2, -0.15) is 0 Å². The number of ether oxygens (including phenoxy) is 1. The minimum atomic E-state index is 0.645. The lowest BCUT2D eigenvalue weighted by Crippen LogP contribution is -2.34. The first kappa shape index (κ1) is 13.0. The number of piperidine rings is 1. The Morgan fingerprint density at radius 2 is 2.26 bits per heavy atom. The van der Waals surface area contributed by atoms with E-state index in [-0.39, 0.29) is 0 Å². The van der Waals surface area contributed by atoms with Crippen LogP contribution in [0.4, 0.5) is 0 Å². The molecule has 1 saturated heterocycles. The minimum Gasteiger partial charge on any atom is -0.374 e. The lowest BCUT2D eigenvalue weighted by molar-refractivity contribution is 0.108. The van der Waals surface area contributed by atoms with E-state index in [1.54, 1.807) is 11.3 Å². The van der Waals surface area contributed by atoms with Gasteiger partial charge in [0.1, 0.15) is 5.01 Å². The molecule has 1 aliphatic heterocycles. The molecule has 0 amide bonds. The molecule has 1 unspecified atom stereocenters. The van der Waals surface area contributed by atoms with Gasteiger partial charge in [-0.15, -0.1) is 11.3 Å². The average molecular weight is 276 g/mol. The van der Waals surface area contributed by atoms with Crippen molar-refractivity contribution in [2.45, 2.75) is 38.3 Å². The van der Waals surface area contributed by atoms with Crippen molar-refractivity contribution in [3.8, 4) is 0 Å². The number of fused-ring (bicyclic) bond motifs is 1. The molecule has 3 nitrogen and oxygen atoms in total. The van der Waals surface area contributed by atoms with E-state index in [0.29, 0.717) is 12.6 Å². The van der Waals surface area contributed by atoms with Gasteiger partial charge in [-0.25, -0.2) is 4.98 Å². The summed E-state index contributed by atoms with van der Waals surface area (Å²) in [5.74, 6) is 0. The molecule has 0 bridgehead atoms. The van der Waals surface area contributed by atoms with E-state index in [4.69, 9.17) is 4.74 Å². The zero-order chi connectivity index (χ0) is 12.9. The molecule has 2 heterocycles. The van der Waals surface area contributed by atoms with Gasteiger partial charge in [-0.3, -0.25) is 0 Å². The van der Waals surface area contributed by atoms with Crippen molar-refractivity contribution in [1.82, 2.24) is 10.3 Å². The number of nitrogens with zero attached hydrogens (tertiary/aromatic N) is 1. The molecule has 0 spiro atoms. The quantitative estimate of drug-likeness (QED) is 0.850. The maximum Gasteiger partial charge on any atom is 0.120 e. The second-order valence-electron chi connectivity index (χ2n) is 5.06. The Labute approximate surface area is 118 Å². The summed E-state index contributed by atoms with van der Waals surface area (Å²) in [4.78, 5) is 4.57. The summed E-state index contributed by atoms with van der Waals surface area (Å²) >= 11 is 1.73. The molecule has 0 aliphatic carbocycles. The summed E-state index contributed by atoms with van der Waals surface area (Å²) in [6.07, 6.45) is 5.09. The van der Waals surface area contributed by atoms with Crippen molar-refractivity contribution in [2.75, 3.05) is 13.2 Å². The van der Waals surface area contributed by atoms with Gasteiger partial charge in [-0.1, -0.05) is 18.6 Å². The van der Waals surface area contributed by atoms with Gasteiger partial charge >= 0.3 is 0 Å². The summed E-state index contributed by atoms with van der Waals surface area (Å²) in [5.41, 5.74) is 1.08. The number of hydrogen-bond acceptors (Lipinski definition) is 4. The molecule has 1 fully saturated rings. The van der Waals surface area contributed by atoms with Crippen LogP contribution in [0.2, 0.25) is 0 Å². The number of benzene rings is 1. The van der Waals surface area contributed by atoms with Gasteiger partial charge in [-0.05, 0) is 37.9 Å². The standard InChI is InChI=1S/C15H20N2OS/c1-2-7-14-13(6-1)17-15(19-14)11-18-10-8-12-5-3-4-9-16-12/h1-2,6-7,12,16H,3-5,8-11H2. The summed E-state index contributed by atoms with van der Waals surface area (Å²) in [7, 11) is 0. The first-order valence-electron chi connectivity index (χ1n) is 7.07. The van der Waals surface area contributed by atoms with E-state index >= 15 is 0 Å². The highest BCUT2D eigenvalue weighted by atomic mass is 32.1. The normalized spacial score (nSPS) is 19.9. The highest BCUT2D eigenvalue weighted by Gasteiger charge is 2.12. The molecule has 0 saturated carbocycles. The Balaban J connectivity index is 1.44. The van der Waals surface area contributed by atoms with Crippen molar-refractivity contribution < 1.29 is 4.74 Å². The summed E-state index contributed by atoms with van der Waals surface area (Å²) < 4.78 is 7.01. The van der Waals surface area contributed by atoms with Crippen molar-refractivity contribution in [3.05, 3.63) is 29.3 Å². The van der Waals surface area contributed by atoms with Crippen molar-refractivity contribution in [1.29, 1.82) is 0 Å². The van der Waals surface area contributed by atoms with Gasteiger partial charge in [0.25, 0.3) is 0 Å². The fourth-order valence-electron chi connectivity index (χ4n) is 2.54. The number of hydrogen-bond donors (Lipinski definition) is 1. The van der Waals surface area contributed by atoms with Gasteiger partial charge < -0.3 is 10.1 Å². The number of rotatable bonds is 5. The van der Waals surface area contributed by atoms with Crippen molar-refractivity contribution in [3.63, 3.8) is 0 Å². The van der Waals surface area contributed by atoms with Crippen LogP contribution in [0.1, 0.15) is 30.7 Å². The zero-order valence-corrected chi connectivity index (χ0v) is 11.9. The van der Waals surface area contributed by atoms with Gasteiger partial charge in [0.05, 0.1) is 16.8 Å². The van der Waals surface area contributed by atoms with E-state index in [2.05, 4.69) is 28.5 Å². The fraction of sp³-hybridized carbons (Fsp3) is 0.533. The van der Waals surface area contributed by atoms with E-state index in [1.165, 1.54) is 30.5 Å². The molecule has 102 valence electrons. The predicted octanol–water partition coefficient (Wildman–Crippen LogP) is 3.35. The summed E-state index contributed by atoms with van der Waals surface area (Å²) in [6.45, 7) is 2.64. The van der Waals surface area contributed by atoms with Crippen LogP contribution in [0.15, 0.2) is 24.3 Å². The van der Waals surface area contributed by atoms with Crippen LogP contribution < -0.4 is 5.32 Å². The third kappa shape index (κ3) is 3.53. The molecule has 3 rings (SSSR count). The molecule has 0 radical (unpaired) electrons. The number of nitrogens with one attached hydrogen (secondary N) is 1. The lowest BCUT2D eigenvalue weighted by atomic mass is 10.0. The fourth-order valence-corrected chi connectivity index (χ4v) is 3.44. The molecule has 1 aromatic carbocycles. The predicted molar refractivity (Wildman–Crippen MR) is 79.5 cm³/mol. The van der Waals surface area contributed by atoms with E-state index in [9.17, 15) is 0 Å². The largest absolute Gasteiger partial charge is 0.374 e. The van der Waals surface area contributed by atoms with Crippen LogP contribution in [-0.4, -0.2) is 24.2 Å². The molecule has 1 N–H and O–H groups in total. The number of para-hydroxylation sites is 1. The van der Waals surface area contributed by atoms with Gasteiger partial charge in [0.2, 0.25) is 0 Å². The molecule has 1 aromatic heterocycles. The SMILES string of the molecule is c1ccc2sc(COCCC3CCCCN3)nc2c1. The first-order chi connectivity index (χ1) is 9.42. The van der Waals surface area contributed by atoms with Crippen LogP contribution >= 0.6 is 11.3 Å². The highest BCUT2D eigenvalue weighted by molar-refractivity contribution is 7.18. The molecular weight excluding hydrogens is 256 g/mol. The minimum absolute atomic E-state index is 0.645. The van der Waals surface area contributed by atoms with Gasteiger partial charge in [0, 0.05) is 12.6 Å². The van der Waals surface area contributed by atoms with Crippen molar-refractivity contribution in [2.24, 2.45) is 0 Å². The number of thiazole rings is 1. The summed E-state index contributed by atoms with van der Waals surface area (Å²) in [6, 6.07) is 8.91. The molecule has 1 aliphatic rings. The summed E-state index contributed by atoms with van der Waals surface area (Å²) in [5, 5.41) is 4.63. The molecule has 2 aromatic rings. The molecule has 4 heteroatoms. The second-order valence-corrected chi connectivity index (χ2v) is 6.18. The Hall–Kier alpha value is -0.970. The van der Waals surface area contributed by atoms with Crippen LogP contribution in [0.25, 0.3) is 10.2 Å². The third-order valence-electron chi connectivity index (χ3n) is 3.59. The van der Waals surface area contributed by atoms with E-state index in [0.717, 1.165) is 23.6 Å². The molecular formula is C15H20N2OS. The molecule has 1 atom stereocenters. The Bertz CT molecular complexity index is 487. The second kappa shape index (κ2) is 6.46. The van der Waals surface area contributed by atoms with Crippen molar-refractivity contribution >= 4 is 21.6 Å². The highest BCUT2D eigenvalue weighted by Crippen LogP contribution is 2.22. The first-order valence-corrected chi connectivity index (χ1v) is 7.89. The van der Waals surface area contributed by atoms with Crippen LogP contribution in [0, 0.1) is 0 Å². The smallest absolute Gasteiger partial charge is 0.120 e. The average Bonchev–Trinajstić information content (AvgIpc) is 2.87. The Morgan fingerprint density at radius 3 is 3.11 bits per heavy atom. The molecule has 19 heavy (non-hydrogen) atoms. The topological polar surface area (TPSA) is 34.1 Å². The number of aromatic nitrogens is 1. The Kier molecular flexibility index (Phi) is 4.43. The van der Waals surface area contributed by atoms with Crippen LogP contribution in [-0.2, 0) is 11.3 Å². The van der Waals surface area contributed by atoms with E-state index in [1.807, 2.05) is 6.07 Å². The maximum absolute atomic E-state index is 5.76. The van der Waals surface area contributed by atoms with Crippen LogP contribution in [0.5, 0.6) is 0 Å². The lowest BCUT2D eigenvalue weighted by Gasteiger charge is -2.23. The Morgan fingerprint density at radius 1 is 1.32 bits per heavy atom.